The first kappa shape index (κ1) is 17.8. The fraction of sp³-hybridized carbons (Fsp3) is 0.111. The number of rotatable bonds is 3. The Morgan fingerprint density at radius 3 is 2.69 bits per heavy atom. The summed E-state index contributed by atoms with van der Waals surface area (Å²) in [7, 11) is 0. The number of aromatic nitrogens is 3. The topological polar surface area (TPSA) is 101 Å². The zero-order valence-corrected chi connectivity index (χ0v) is 14.9. The molecule has 0 fully saturated rings. The van der Waals surface area contributed by atoms with Gasteiger partial charge in [0, 0.05) is 16.8 Å². The first-order valence-corrected chi connectivity index (χ1v) is 8.11. The molecule has 4 N–H and O–H groups in total. The highest BCUT2D eigenvalue weighted by atomic mass is 35.5. The fourth-order valence-electron chi connectivity index (χ4n) is 2.35. The van der Waals surface area contributed by atoms with E-state index in [9.17, 15) is 4.39 Å². The van der Waals surface area contributed by atoms with Gasteiger partial charge in [-0.1, -0.05) is 23.7 Å². The Labute approximate surface area is 154 Å². The van der Waals surface area contributed by atoms with E-state index in [1.54, 1.807) is 6.07 Å². The molecule has 0 aliphatic carbocycles. The summed E-state index contributed by atoms with van der Waals surface area (Å²) in [4.78, 5) is 12.7. The van der Waals surface area contributed by atoms with Gasteiger partial charge in [0.15, 0.2) is 5.82 Å². The third kappa shape index (κ3) is 3.48. The van der Waals surface area contributed by atoms with Gasteiger partial charge in [-0.15, -0.1) is 0 Å². The van der Waals surface area contributed by atoms with E-state index >= 15 is 0 Å². The molecule has 1 aromatic carbocycles. The van der Waals surface area contributed by atoms with Crippen LogP contribution >= 0.6 is 11.6 Å². The minimum Gasteiger partial charge on any atom is -0.383 e. The van der Waals surface area contributed by atoms with Crippen LogP contribution in [-0.4, -0.2) is 20.8 Å². The molecule has 132 valence electrons. The molecule has 0 amide bonds. The maximum atomic E-state index is 13.4. The smallest absolute Gasteiger partial charge is 0.163 e. The van der Waals surface area contributed by atoms with Crippen molar-refractivity contribution in [3.63, 3.8) is 0 Å². The molecular formula is C18H16ClFN6. The predicted molar refractivity (Wildman–Crippen MR) is 101 cm³/mol. The largest absolute Gasteiger partial charge is 0.383 e. The second-order valence-corrected chi connectivity index (χ2v) is 6.08. The lowest BCUT2D eigenvalue weighted by atomic mass is 10.1. The lowest BCUT2D eigenvalue weighted by molar-refractivity contribution is 0.621. The van der Waals surface area contributed by atoms with Crippen molar-refractivity contribution in [3.8, 4) is 11.4 Å². The van der Waals surface area contributed by atoms with Crippen LogP contribution in [0, 0.1) is 25.1 Å². The number of aryl methyl sites for hydroxylation is 1. The number of nitrogens with one attached hydrogen (secondary N) is 2. The predicted octanol–water partition coefficient (Wildman–Crippen LogP) is 3.97. The van der Waals surface area contributed by atoms with E-state index in [-0.39, 0.29) is 17.2 Å². The molecule has 0 saturated heterocycles. The lowest BCUT2D eigenvalue weighted by Crippen LogP contribution is -2.18. The highest BCUT2D eigenvalue weighted by Crippen LogP contribution is 2.27. The van der Waals surface area contributed by atoms with Crippen LogP contribution in [0.4, 0.5) is 16.0 Å². The number of hydrogen-bond donors (Lipinski definition) is 3. The molecule has 0 aliphatic rings. The summed E-state index contributed by atoms with van der Waals surface area (Å²) in [6, 6.07) is 8.38. The standard InChI is InChI=1S/C18H16ClFN6/c1-9-10(2)24-18(12-5-3-4-6-14(12)19)26-17(9)25-16(22)13-7-11(20)8-23-15(13)21/h3-8H,1-2H3,(H2,21,23)(H2,22,24,25,26). The molecule has 0 saturated carbocycles. The number of halogens is 2. The van der Waals surface area contributed by atoms with Gasteiger partial charge in [-0.25, -0.2) is 19.3 Å². The van der Waals surface area contributed by atoms with E-state index in [1.807, 2.05) is 32.0 Å². The summed E-state index contributed by atoms with van der Waals surface area (Å²) in [6.45, 7) is 3.67. The molecule has 0 spiro atoms. The van der Waals surface area contributed by atoms with Crippen molar-refractivity contribution in [2.24, 2.45) is 0 Å². The molecule has 6 nitrogen and oxygen atoms in total. The van der Waals surface area contributed by atoms with Gasteiger partial charge in [0.2, 0.25) is 0 Å². The third-order valence-electron chi connectivity index (χ3n) is 3.90. The first-order chi connectivity index (χ1) is 12.4. The van der Waals surface area contributed by atoms with Gasteiger partial charge in [0.1, 0.15) is 23.3 Å². The van der Waals surface area contributed by atoms with E-state index in [0.717, 1.165) is 23.5 Å². The Morgan fingerprint density at radius 1 is 1.23 bits per heavy atom. The lowest BCUT2D eigenvalue weighted by Gasteiger charge is -2.14. The van der Waals surface area contributed by atoms with Gasteiger partial charge in [-0.2, -0.15) is 0 Å². The number of amidine groups is 1. The van der Waals surface area contributed by atoms with Gasteiger partial charge in [-0.05, 0) is 32.0 Å². The summed E-state index contributed by atoms with van der Waals surface area (Å²) >= 11 is 6.23. The fourth-order valence-corrected chi connectivity index (χ4v) is 2.57. The Bertz CT molecular complexity index is 1000. The third-order valence-corrected chi connectivity index (χ3v) is 4.23. The van der Waals surface area contributed by atoms with Crippen LogP contribution in [0.15, 0.2) is 36.5 Å². The summed E-state index contributed by atoms with van der Waals surface area (Å²) in [6.07, 6.45) is 1.00. The zero-order valence-electron chi connectivity index (χ0n) is 14.1. The summed E-state index contributed by atoms with van der Waals surface area (Å²) in [5.74, 6) is 0.216. The van der Waals surface area contributed by atoms with E-state index in [0.29, 0.717) is 22.2 Å². The van der Waals surface area contributed by atoms with Crippen LogP contribution in [0.5, 0.6) is 0 Å². The molecule has 2 aromatic heterocycles. The number of anilines is 2. The quantitative estimate of drug-likeness (QED) is 0.478. The van der Waals surface area contributed by atoms with Crippen molar-refractivity contribution in [1.82, 2.24) is 15.0 Å². The summed E-state index contributed by atoms with van der Waals surface area (Å²) < 4.78 is 13.4. The van der Waals surface area contributed by atoms with Crippen molar-refractivity contribution in [2.75, 3.05) is 11.1 Å². The van der Waals surface area contributed by atoms with Gasteiger partial charge < -0.3 is 11.1 Å². The number of benzene rings is 1. The Hall–Kier alpha value is -3.06. The molecule has 0 atom stereocenters. The molecule has 0 radical (unpaired) electrons. The zero-order chi connectivity index (χ0) is 18.8. The maximum Gasteiger partial charge on any atom is 0.163 e. The van der Waals surface area contributed by atoms with Gasteiger partial charge in [-0.3, -0.25) is 5.41 Å². The molecule has 3 rings (SSSR count). The van der Waals surface area contributed by atoms with Crippen LogP contribution in [0.3, 0.4) is 0 Å². The van der Waals surface area contributed by atoms with Crippen LogP contribution in [0.25, 0.3) is 11.4 Å². The molecule has 0 aliphatic heterocycles. The van der Waals surface area contributed by atoms with Crippen molar-refractivity contribution in [3.05, 3.63) is 64.2 Å². The van der Waals surface area contributed by atoms with E-state index < -0.39 is 5.82 Å². The molecule has 8 heteroatoms. The summed E-state index contributed by atoms with van der Waals surface area (Å²) in [5.41, 5.74) is 8.07. The highest BCUT2D eigenvalue weighted by molar-refractivity contribution is 6.33. The number of pyridine rings is 1. The number of nitrogens with two attached hydrogens (primary N) is 1. The van der Waals surface area contributed by atoms with Crippen LogP contribution in [0.1, 0.15) is 16.8 Å². The Morgan fingerprint density at radius 2 is 1.96 bits per heavy atom. The van der Waals surface area contributed by atoms with Crippen molar-refractivity contribution < 1.29 is 4.39 Å². The van der Waals surface area contributed by atoms with Crippen molar-refractivity contribution in [2.45, 2.75) is 13.8 Å². The van der Waals surface area contributed by atoms with Crippen molar-refractivity contribution >= 4 is 29.1 Å². The minimum atomic E-state index is -0.576. The average molecular weight is 371 g/mol. The Balaban J connectivity index is 2.01. The van der Waals surface area contributed by atoms with Gasteiger partial charge in [0.05, 0.1) is 16.8 Å². The number of nitrogens with zero attached hydrogens (tertiary/aromatic N) is 3. The second kappa shape index (κ2) is 7.05. The normalized spacial score (nSPS) is 10.6. The molecule has 3 aromatic rings. The average Bonchev–Trinajstić information content (AvgIpc) is 2.61. The summed E-state index contributed by atoms with van der Waals surface area (Å²) in [5, 5.41) is 11.6. The second-order valence-electron chi connectivity index (χ2n) is 5.67. The monoisotopic (exact) mass is 370 g/mol. The van der Waals surface area contributed by atoms with Crippen molar-refractivity contribution in [1.29, 1.82) is 5.41 Å². The van der Waals surface area contributed by atoms with Crippen LogP contribution < -0.4 is 11.1 Å². The van der Waals surface area contributed by atoms with E-state index in [4.69, 9.17) is 22.7 Å². The number of nitrogen functional groups attached to an aromatic ring is 1. The van der Waals surface area contributed by atoms with Gasteiger partial charge in [0.25, 0.3) is 0 Å². The van der Waals surface area contributed by atoms with Crippen LogP contribution in [0.2, 0.25) is 5.02 Å². The molecular weight excluding hydrogens is 355 g/mol. The highest BCUT2D eigenvalue weighted by Gasteiger charge is 2.15. The molecule has 26 heavy (non-hydrogen) atoms. The molecule has 0 unspecified atom stereocenters. The Kier molecular flexibility index (Phi) is 4.81. The van der Waals surface area contributed by atoms with Crippen LogP contribution in [-0.2, 0) is 0 Å². The SMILES string of the molecule is Cc1nc(-c2ccccc2Cl)nc(NC(=N)c2cc(F)cnc2N)c1C. The number of hydrogen-bond acceptors (Lipinski definition) is 5. The van der Waals surface area contributed by atoms with E-state index in [1.165, 1.54) is 0 Å². The van der Waals surface area contributed by atoms with E-state index in [2.05, 4.69) is 20.3 Å². The first-order valence-electron chi connectivity index (χ1n) is 7.74. The van der Waals surface area contributed by atoms with Gasteiger partial charge >= 0.3 is 0 Å². The maximum absolute atomic E-state index is 13.4. The molecule has 2 heterocycles. The molecule has 0 bridgehead atoms. The minimum absolute atomic E-state index is 0.0543.